The predicted octanol–water partition coefficient (Wildman–Crippen LogP) is 4.57. The molecule has 1 aromatic heterocycles. The van der Waals surface area contributed by atoms with Crippen LogP contribution in [0.1, 0.15) is 5.56 Å². The molecule has 0 saturated carbocycles. The van der Waals surface area contributed by atoms with Crippen LogP contribution in [-0.4, -0.2) is 15.2 Å². The van der Waals surface area contributed by atoms with Gasteiger partial charge in [0.05, 0.1) is 11.9 Å². The van der Waals surface area contributed by atoms with Crippen molar-refractivity contribution in [2.45, 2.75) is 6.92 Å². The molecule has 0 atom stereocenters. The van der Waals surface area contributed by atoms with E-state index in [1.165, 1.54) is 12.3 Å². The van der Waals surface area contributed by atoms with Gasteiger partial charge in [-0.05, 0) is 42.8 Å². The number of para-hydroxylation sites is 1. The first kappa shape index (κ1) is 15.4. The van der Waals surface area contributed by atoms with E-state index in [0.717, 1.165) is 15.7 Å². The van der Waals surface area contributed by atoms with E-state index >= 15 is 0 Å². The Morgan fingerprint density at radius 2 is 1.91 bits per heavy atom. The van der Waals surface area contributed by atoms with Gasteiger partial charge in [0.2, 0.25) is 5.95 Å². The SMILES string of the molecule is Cc1cc(Nc2cnnc(Nc3ccccc3F)n2)ccc1Br. The monoisotopic (exact) mass is 373 g/mol. The van der Waals surface area contributed by atoms with Gasteiger partial charge in [-0.3, -0.25) is 0 Å². The molecule has 0 aliphatic carbocycles. The second kappa shape index (κ2) is 6.70. The molecule has 2 aromatic carbocycles. The lowest BCUT2D eigenvalue weighted by Crippen LogP contribution is -2.03. The van der Waals surface area contributed by atoms with Crippen LogP contribution in [-0.2, 0) is 0 Å². The predicted molar refractivity (Wildman–Crippen MR) is 91.7 cm³/mol. The number of nitrogens with one attached hydrogen (secondary N) is 2. The Labute approximate surface area is 141 Å². The molecule has 5 nitrogen and oxygen atoms in total. The zero-order valence-corrected chi connectivity index (χ0v) is 13.8. The number of anilines is 4. The molecule has 0 aliphatic rings. The average molecular weight is 374 g/mol. The lowest BCUT2D eigenvalue weighted by Gasteiger charge is -2.09. The van der Waals surface area contributed by atoms with E-state index in [-0.39, 0.29) is 11.8 Å². The number of hydrogen-bond donors (Lipinski definition) is 2. The first-order valence-corrected chi connectivity index (χ1v) is 7.65. The largest absolute Gasteiger partial charge is 0.339 e. The van der Waals surface area contributed by atoms with Gasteiger partial charge in [0.25, 0.3) is 0 Å². The molecule has 0 spiro atoms. The lowest BCUT2D eigenvalue weighted by molar-refractivity contribution is 0.631. The molecule has 0 saturated heterocycles. The van der Waals surface area contributed by atoms with E-state index in [9.17, 15) is 4.39 Å². The molecule has 116 valence electrons. The summed E-state index contributed by atoms with van der Waals surface area (Å²) >= 11 is 3.46. The maximum absolute atomic E-state index is 13.6. The number of aryl methyl sites for hydroxylation is 1. The maximum Gasteiger partial charge on any atom is 0.249 e. The van der Waals surface area contributed by atoms with Crippen molar-refractivity contribution in [2.75, 3.05) is 10.6 Å². The van der Waals surface area contributed by atoms with E-state index in [0.29, 0.717) is 11.5 Å². The Kier molecular flexibility index (Phi) is 4.47. The van der Waals surface area contributed by atoms with Crippen molar-refractivity contribution in [1.82, 2.24) is 15.2 Å². The molecule has 0 unspecified atom stereocenters. The molecule has 0 fully saturated rings. The number of aromatic nitrogens is 3. The summed E-state index contributed by atoms with van der Waals surface area (Å²) in [7, 11) is 0. The molecule has 0 radical (unpaired) electrons. The van der Waals surface area contributed by atoms with Gasteiger partial charge in [-0.25, -0.2) is 4.39 Å². The van der Waals surface area contributed by atoms with Crippen molar-refractivity contribution >= 4 is 39.1 Å². The Balaban J connectivity index is 1.79. The molecule has 3 aromatic rings. The third-order valence-corrected chi connectivity index (χ3v) is 4.00. The van der Waals surface area contributed by atoms with Crippen molar-refractivity contribution in [3.8, 4) is 0 Å². The van der Waals surface area contributed by atoms with Crippen LogP contribution in [0, 0.1) is 12.7 Å². The smallest absolute Gasteiger partial charge is 0.249 e. The topological polar surface area (TPSA) is 62.7 Å². The first-order valence-electron chi connectivity index (χ1n) is 6.86. The number of benzene rings is 2. The van der Waals surface area contributed by atoms with E-state index in [1.54, 1.807) is 18.2 Å². The van der Waals surface area contributed by atoms with Gasteiger partial charge in [-0.2, -0.15) is 10.1 Å². The molecule has 0 bridgehead atoms. The molecule has 0 amide bonds. The summed E-state index contributed by atoms with van der Waals surface area (Å²) in [5.41, 5.74) is 2.27. The van der Waals surface area contributed by atoms with Gasteiger partial charge < -0.3 is 10.6 Å². The normalized spacial score (nSPS) is 10.4. The Morgan fingerprint density at radius 1 is 1.09 bits per heavy atom. The van der Waals surface area contributed by atoms with Crippen LogP contribution in [0.5, 0.6) is 0 Å². The highest BCUT2D eigenvalue weighted by molar-refractivity contribution is 9.10. The fourth-order valence-electron chi connectivity index (χ4n) is 1.97. The van der Waals surface area contributed by atoms with Gasteiger partial charge in [0.15, 0.2) is 5.82 Å². The number of rotatable bonds is 4. The lowest BCUT2D eigenvalue weighted by atomic mass is 10.2. The highest BCUT2D eigenvalue weighted by Crippen LogP contribution is 2.23. The van der Waals surface area contributed by atoms with Crippen molar-refractivity contribution < 1.29 is 4.39 Å². The molecule has 0 aliphatic heterocycles. The van der Waals surface area contributed by atoms with Crippen LogP contribution < -0.4 is 10.6 Å². The minimum atomic E-state index is -0.377. The van der Waals surface area contributed by atoms with E-state index < -0.39 is 0 Å². The van der Waals surface area contributed by atoms with Crippen LogP contribution in [0.25, 0.3) is 0 Å². The number of hydrogen-bond acceptors (Lipinski definition) is 5. The summed E-state index contributed by atoms with van der Waals surface area (Å²) in [6.07, 6.45) is 1.50. The van der Waals surface area contributed by atoms with Gasteiger partial charge >= 0.3 is 0 Å². The zero-order chi connectivity index (χ0) is 16.2. The molecule has 7 heteroatoms. The van der Waals surface area contributed by atoms with Gasteiger partial charge in [0, 0.05) is 10.2 Å². The van der Waals surface area contributed by atoms with E-state index in [1.807, 2.05) is 25.1 Å². The highest BCUT2D eigenvalue weighted by atomic mass is 79.9. The summed E-state index contributed by atoms with van der Waals surface area (Å²) in [5, 5.41) is 13.7. The number of halogens is 2. The van der Waals surface area contributed by atoms with Crippen molar-refractivity contribution in [2.24, 2.45) is 0 Å². The third-order valence-electron chi connectivity index (χ3n) is 3.11. The minimum Gasteiger partial charge on any atom is -0.339 e. The van der Waals surface area contributed by atoms with Gasteiger partial charge in [-0.1, -0.05) is 28.1 Å². The third kappa shape index (κ3) is 3.81. The van der Waals surface area contributed by atoms with E-state index in [2.05, 4.69) is 41.7 Å². The van der Waals surface area contributed by atoms with Crippen LogP contribution in [0.4, 0.5) is 27.5 Å². The molecular formula is C16H13BrFN5. The number of nitrogens with zero attached hydrogens (tertiary/aromatic N) is 3. The van der Waals surface area contributed by atoms with Crippen molar-refractivity contribution in [1.29, 1.82) is 0 Å². The highest BCUT2D eigenvalue weighted by Gasteiger charge is 2.05. The summed E-state index contributed by atoms with van der Waals surface area (Å²) in [5.74, 6) is 0.354. The summed E-state index contributed by atoms with van der Waals surface area (Å²) < 4.78 is 14.7. The van der Waals surface area contributed by atoms with Crippen molar-refractivity contribution in [3.05, 3.63) is 64.5 Å². The Morgan fingerprint density at radius 3 is 2.70 bits per heavy atom. The van der Waals surface area contributed by atoms with E-state index in [4.69, 9.17) is 0 Å². The fourth-order valence-corrected chi connectivity index (χ4v) is 2.22. The average Bonchev–Trinajstić information content (AvgIpc) is 2.54. The van der Waals surface area contributed by atoms with Crippen LogP contribution in [0.15, 0.2) is 53.1 Å². The molecule has 3 rings (SSSR count). The van der Waals surface area contributed by atoms with Gasteiger partial charge in [0.1, 0.15) is 5.82 Å². The fraction of sp³-hybridized carbons (Fsp3) is 0.0625. The molecule has 1 heterocycles. The van der Waals surface area contributed by atoms with Crippen molar-refractivity contribution in [3.63, 3.8) is 0 Å². The second-order valence-electron chi connectivity index (χ2n) is 4.86. The summed E-state index contributed by atoms with van der Waals surface area (Å²) in [6.45, 7) is 2.00. The Hall–Kier alpha value is -2.54. The quantitative estimate of drug-likeness (QED) is 0.701. The standard InChI is InChI=1S/C16H13BrFN5/c1-10-8-11(6-7-12(10)17)20-15-9-19-23-16(22-15)21-14-5-3-2-4-13(14)18/h2-9H,1H3,(H2,20,21,22,23). The van der Waals surface area contributed by atoms with Crippen LogP contribution in [0.2, 0.25) is 0 Å². The minimum absolute atomic E-state index is 0.217. The molecule has 2 N–H and O–H groups in total. The maximum atomic E-state index is 13.6. The summed E-state index contributed by atoms with van der Waals surface area (Å²) in [6, 6.07) is 12.2. The zero-order valence-electron chi connectivity index (χ0n) is 12.2. The first-order chi connectivity index (χ1) is 11.1. The molecular weight excluding hydrogens is 361 g/mol. The van der Waals surface area contributed by atoms with Gasteiger partial charge in [-0.15, -0.1) is 5.10 Å². The summed E-state index contributed by atoms with van der Waals surface area (Å²) in [4.78, 5) is 4.28. The second-order valence-corrected chi connectivity index (χ2v) is 5.71. The van der Waals surface area contributed by atoms with Crippen LogP contribution in [0.3, 0.4) is 0 Å². The van der Waals surface area contributed by atoms with Crippen LogP contribution >= 0.6 is 15.9 Å². The Bertz CT molecular complexity index is 840. The molecule has 23 heavy (non-hydrogen) atoms.